The minimum atomic E-state index is 0.0231. The van der Waals surface area contributed by atoms with E-state index in [0.717, 1.165) is 21.3 Å². The molecule has 0 saturated heterocycles. The van der Waals surface area contributed by atoms with Crippen LogP contribution in [0, 0.1) is 11.3 Å². The van der Waals surface area contributed by atoms with Crippen LogP contribution in [0.2, 0.25) is 0 Å². The number of benzene rings is 2. The summed E-state index contributed by atoms with van der Waals surface area (Å²) < 4.78 is 6.65. The van der Waals surface area contributed by atoms with Gasteiger partial charge in [0.2, 0.25) is 0 Å². The number of thiazole rings is 1. The molecular formula is C19H12Br2N2O2S. The maximum atomic E-state index is 9.91. The number of aromatic nitrogens is 1. The number of rotatable bonds is 4. The van der Waals surface area contributed by atoms with E-state index in [1.165, 1.54) is 18.4 Å². The summed E-state index contributed by atoms with van der Waals surface area (Å²) in [7, 11) is 1.48. The first-order valence-electron chi connectivity index (χ1n) is 7.42. The Morgan fingerprint density at radius 1 is 1.27 bits per heavy atom. The fraction of sp³-hybridized carbons (Fsp3) is 0.0526. The number of phenols is 1. The maximum Gasteiger partial charge on any atom is 0.172 e. The monoisotopic (exact) mass is 490 g/mol. The van der Waals surface area contributed by atoms with Crippen LogP contribution in [-0.4, -0.2) is 17.2 Å². The summed E-state index contributed by atoms with van der Waals surface area (Å²) in [6, 6.07) is 13.4. The summed E-state index contributed by atoms with van der Waals surface area (Å²) in [6.07, 6.45) is 1.72. The fourth-order valence-corrected chi connectivity index (χ4v) is 3.81. The summed E-state index contributed by atoms with van der Waals surface area (Å²) in [5, 5.41) is 22.0. The van der Waals surface area contributed by atoms with Gasteiger partial charge >= 0.3 is 0 Å². The molecule has 130 valence electrons. The van der Waals surface area contributed by atoms with Gasteiger partial charge in [0.05, 0.1) is 22.8 Å². The highest BCUT2D eigenvalue weighted by Crippen LogP contribution is 2.36. The maximum absolute atomic E-state index is 9.91. The number of ether oxygens (including phenoxy) is 1. The third kappa shape index (κ3) is 3.98. The molecule has 7 heteroatoms. The van der Waals surface area contributed by atoms with Gasteiger partial charge in [-0.2, -0.15) is 5.26 Å². The van der Waals surface area contributed by atoms with Crippen LogP contribution < -0.4 is 4.74 Å². The molecule has 2 aromatic carbocycles. The molecule has 1 N–H and O–H groups in total. The Bertz CT molecular complexity index is 1020. The van der Waals surface area contributed by atoms with E-state index in [0.29, 0.717) is 20.8 Å². The highest BCUT2D eigenvalue weighted by Gasteiger charge is 2.12. The predicted molar refractivity (Wildman–Crippen MR) is 111 cm³/mol. The number of phenolic OH excluding ortho intramolecular Hbond substituents is 1. The first-order valence-corrected chi connectivity index (χ1v) is 9.88. The third-order valence-corrected chi connectivity index (χ3v) is 5.59. The molecule has 26 heavy (non-hydrogen) atoms. The van der Waals surface area contributed by atoms with Crippen molar-refractivity contribution < 1.29 is 9.84 Å². The smallest absolute Gasteiger partial charge is 0.172 e. The van der Waals surface area contributed by atoms with Crippen molar-refractivity contribution in [2.75, 3.05) is 7.11 Å². The molecule has 0 bridgehead atoms. The molecule has 0 aliphatic heterocycles. The second-order valence-electron chi connectivity index (χ2n) is 5.27. The quantitative estimate of drug-likeness (QED) is 0.447. The van der Waals surface area contributed by atoms with Gasteiger partial charge in [-0.05, 0) is 51.8 Å². The summed E-state index contributed by atoms with van der Waals surface area (Å²) >= 11 is 8.11. The van der Waals surface area contributed by atoms with Crippen molar-refractivity contribution >= 4 is 54.8 Å². The Balaban J connectivity index is 1.97. The Labute approximate surface area is 171 Å². The van der Waals surface area contributed by atoms with Gasteiger partial charge in [-0.3, -0.25) is 0 Å². The summed E-state index contributed by atoms with van der Waals surface area (Å²) in [5.74, 6) is 0.354. The molecule has 0 unspecified atom stereocenters. The molecule has 0 atom stereocenters. The number of methoxy groups -OCH3 is 1. The minimum absolute atomic E-state index is 0.0231. The lowest BCUT2D eigenvalue weighted by molar-refractivity contribution is 0.372. The number of nitriles is 1. The zero-order valence-corrected chi connectivity index (χ0v) is 17.5. The average Bonchev–Trinajstić information content (AvgIpc) is 3.13. The molecule has 0 saturated carbocycles. The molecule has 3 aromatic rings. The van der Waals surface area contributed by atoms with Crippen molar-refractivity contribution in [1.82, 2.24) is 4.98 Å². The third-order valence-electron chi connectivity index (χ3n) is 3.58. The molecule has 0 spiro atoms. The Kier molecular flexibility index (Phi) is 5.77. The van der Waals surface area contributed by atoms with Crippen molar-refractivity contribution in [2.24, 2.45) is 0 Å². The zero-order chi connectivity index (χ0) is 18.7. The van der Waals surface area contributed by atoms with Crippen LogP contribution >= 0.6 is 43.2 Å². The van der Waals surface area contributed by atoms with Gasteiger partial charge in [-0.1, -0.05) is 28.1 Å². The lowest BCUT2D eigenvalue weighted by Gasteiger charge is -2.06. The molecule has 0 fully saturated rings. The van der Waals surface area contributed by atoms with Gasteiger partial charge in [-0.15, -0.1) is 11.3 Å². The largest absolute Gasteiger partial charge is 0.503 e. The fourth-order valence-electron chi connectivity index (χ4n) is 2.29. The van der Waals surface area contributed by atoms with E-state index < -0.39 is 0 Å². The predicted octanol–water partition coefficient (Wildman–Crippen LogP) is 6.11. The van der Waals surface area contributed by atoms with Gasteiger partial charge in [0, 0.05) is 15.4 Å². The van der Waals surface area contributed by atoms with Crippen molar-refractivity contribution in [1.29, 1.82) is 5.26 Å². The minimum Gasteiger partial charge on any atom is -0.503 e. The first-order chi connectivity index (χ1) is 12.5. The Morgan fingerprint density at radius 3 is 2.65 bits per heavy atom. The lowest BCUT2D eigenvalue weighted by Crippen LogP contribution is -1.87. The average molecular weight is 492 g/mol. The number of halogens is 2. The highest BCUT2D eigenvalue weighted by atomic mass is 79.9. The van der Waals surface area contributed by atoms with E-state index in [1.807, 2.05) is 29.6 Å². The van der Waals surface area contributed by atoms with E-state index in [4.69, 9.17) is 4.74 Å². The number of aromatic hydroxyl groups is 1. The van der Waals surface area contributed by atoms with Crippen LogP contribution in [0.25, 0.3) is 22.9 Å². The van der Waals surface area contributed by atoms with Crippen molar-refractivity contribution in [3.05, 3.63) is 61.3 Å². The van der Waals surface area contributed by atoms with Gasteiger partial charge in [0.1, 0.15) is 11.1 Å². The highest BCUT2D eigenvalue weighted by molar-refractivity contribution is 9.10. The number of hydrogen-bond acceptors (Lipinski definition) is 5. The van der Waals surface area contributed by atoms with E-state index in [9.17, 15) is 10.4 Å². The second-order valence-corrected chi connectivity index (χ2v) is 7.90. The molecule has 1 heterocycles. The summed E-state index contributed by atoms with van der Waals surface area (Å²) in [5.41, 5.74) is 2.98. The molecule has 3 rings (SSSR count). The topological polar surface area (TPSA) is 66.1 Å². The number of hydrogen-bond donors (Lipinski definition) is 1. The van der Waals surface area contributed by atoms with Crippen LogP contribution in [-0.2, 0) is 0 Å². The van der Waals surface area contributed by atoms with Crippen LogP contribution in [0.4, 0.5) is 0 Å². The Morgan fingerprint density at radius 2 is 2.00 bits per heavy atom. The second kappa shape index (κ2) is 8.04. The van der Waals surface area contributed by atoms with Crippen LogP contribution in [0.3, 0.4) is 0 Å². The molecular weight excluding hydrogens is 480 g/mol. The van der Waals surface area contributed by atoms with Gasteiger partial charge < -0.3 is 9.84 Å². The van der Waals surface area contributed by atoms with Gasteiger partial charge in [0.15, 0.2) is 11.5 Å². The zero-order valence-electron chi connectivity index (χ0n) is 13.5. The van der Waals surface area contributed by atoms with E-state index >= 15 is 0 Å². The van der Waals surface area contributed by atoms with Gasteiger partial charge in [-0.25, -0.2) is 4.98 Å². The van der Waals surface area contributed by atoms with E-state index in [1.54, 1.807) is 18.2 Å². The van der Waals surface area contributed by atoms with Crippen LogP contribution in [0.15, 0.2) is 50.7 Å². The molecule has 0 aliphatic carbocycles. The van der Waals surface area contributed by atoms with Gasteiger partial charge in [0.25, 0.3) is 0 Å². The summed E-state index contributed by atoms with van der Waals surface area (Å²) in [4.78, 5) is 4.58. The normalized spacial score (nSPS) is 11.2. The standard InChI is InChI=1S/C19H12Br2N2O2S/c1-25-17-8-11(7-15(21)18(17)24)6-13(9-22)19-23-16(10-26-19)12-2-4-14(20)5-3-12/h2-8,10,24H,1H3/b13-6+. The van der Waals surface area contributed by atoms with Crippen molar-refractivity contribution in [2.45, 2.75) is 0 Å². The summed E-state index contributed by atoms with van der Waals surface area (Å²) in [6.45, 7) is 0. The molecule has 1 aromatic heterocycles. The van der Waals surface area contributed by atoms with Crippen molar-refractivity contribution in [3.8, 4) is 28.8 Å². The SMILES string of the molecule is COc1cc(/C=C(\C#N)c2nc(-c3ccc(Br)cc3)cs2)cc(Br)c1O. The van der Waals surface area contributed by atoms with Crippen LogP contribution in [0.5, 0.6) is 11.5 Å². The molecule has 0 aliphatic rings. The first kappa shape index (κ1) is 18.6. The molecule has 0 radical (unpaired) electrons. The Hall–Kier alpha value is -2.14. The lowest BCUT2D eigenvalue weighted by atomic mass is 10.1. The van der Waals surface area contributed by atoms with Crippen molar-refractivity contribution in [3.63, 3.8) is 0 Å². The molecule has 4 nitrogen and oxygen atoms in total. The molecule has 0 amide bonds. The van der Waals surface area contributed by atoms with E-state index in [-0.39, 0.29) is 5.75 Å². The van der Waals surface area contributed by atoms with Crippen LogP contribution in [0.1, 0.15) is 10.6 Å². The number of nitrogens with zero attached hydrogens (tertiary/aromatic N) is 2. The number of allylic oxidation sites excluding steroid dienone is 1. The van der Waals surface area contributed by atoms with E-state index in [2.05, 4.69) is 42.9 Å².